The summed E-state index contributed by atoms with van der Waals surface area (Å²) in [5, 5.41) is 0. The van der Waals surface area contributed by atoms with E-state index in [9.17, 15) is 13.2 Å². The number of nitrogens with zero attached hydrogens (tertiary/aromatic N) is 4. The molecule has 0 aromatic carbocycles. The van der Waals surface area contributed by atoms with Gasteiger partial charge in [-0.05, 0) is 28.1 Å². The van der Waals surface area contributed by atoms with E-state index in [1.54, 1.807) is 14.0 Å². The SMILES string of the molecule is C=C(C)C(=O)OCCN(C)CCN(C)CCN(C)CCN(C)S(C)(=O)=O. The average molecular weight is 393 g/mol. The van der Waals surface area contributed by atoms with Crippen molar-refractivity contribution in [3.8, 4) is 0 Å². The van der Waals surface area contributed by atoms with Gasteiger partial charge in [0.15, 0.2) is 0 Å². The summed E-state index contributed by atoms with van der Waals surface area (Å²) >= 11 is 0. The second-order valence-corrected chi connectivity index (χ2v) is 9.00. The molecule has 0 aliphatic rings. The highest BCUT2D eigenvalue weighted by Gasteiger charge is 2.11. The van der Waals surface area contributed by atoms with E-state index in [1.807, 2.05) is 14.1 Å². The Morgan fingerprint density at radius 2 is 1.23 bits per heavy atom. The van der Waals surface area contributed by atoms with Crippen LogP contribution in [0.1, 0.15) is 6.92 Å². The molecule has 0 saturated heterocycles. The van der Waals surface area contributed by atoms with Crippen LogP contribution in [-0.2, 0) is 19.6 Å². The van der Waals surface area contributed by atoms with Crippen molar-refractivity contribution in [1.29, 1.82) is 0 Å². The topological polar surface area (TPSA) is 73.4 Å². The third kappa shape index (κ3) is 12.4. The summed E-state index contributed by atoms with van der Waals surface area (Å²) < 4.78 is 29.2. The zero-order valence-electron chi connectivity index (χ0n) is 17.2. The first-order valence-electron chi connectivity index (χ1n) is 8.73. The van der Waals surface area contributed by atoms with Crippen molar-refractivity contribution in [2.24, 2.45) is 0 Å². The predicted molar refractivity (Wildman–Crippen MR) is 106 cm³/mol. The Morgan fingerprint density at radius 1 is 0.846 bits per heavy atom. The number of hydrogen-bond donors (Lipinski definition) is 0. The number of carbonyl (C=O) groups excluding carboxylic acids is 1. The fourth-order valence-electron chi connectivity index (χ4n) is 1.91. The number of rotatable bonds is 14. The standard InChI is InChI=1S/C17H36N4O4S/c1-16(2)17(22)25-15-14-20(5)11-10-18(3)8-9-19(4)12-13-21(6)26(7,23)24/h1,8-15H2,2-7H3. The fourth-order valence-corrected chi connectivity index (χ4v) is 2.33. The first-order valence-corrected chi connectivity index (χ1v) is 10.6. The van der Waals surface area contributed by atoms with E-state index in [0.717, 1.165) is 26.2 Å². The Morgan fingerprint density at radius 3 is 1.62 bits per heavy atom. The van der Waals surface area contributed by atoms with Gasteiger partial charge >= 0.3 is 5.97 Å². The van der Waals surface area contributed by atoms with Crippen LogP contribution in [0.15, 0.2) is 12.2 Å². The lowest BCUT2D eigenvalue weighted by molar-refractivity contribution is -0.139. The van der Waals surface area contributed by atoms with E-state index >= 15 is 0 Å². The Balaban J connectivity index is 3.86. The van der Waals surface area contributed by atoms with E-state index in [2.05, 4.69) is 28.3 Å². The zero-order valence-corrected chi connectivity index (χ0v) is 18.0. The molecule has 0 atom stereocenters. The highest BCUT2D eigenvalue weighted by Crippen LogP contribution is 1.95. The van der Waals surface area contributed by atoms with Crippen molar-refractivity contribution in [3.05, 3.63) is 12.2 Å². The highest BCUT2D eigenvalue weighted by molar-refractivity contribution is 7.88. The molecule has 9 heteroatoms. The number of ether oxygens (including phenoxy) is 1. The lowest BCUT2D eigenvalue weighted by Crippen LogP contribution is -2.39. The first-order chi connectivity index (χ1) is 11.9. The van der Waals surface area contributed by atoms with Gasteiger partial charge in [0, 0.05) is 58.4 Å². The van der Waals surface area contributed by atoms with E-state index in [-0.39, 0.29) is 5.97 Å². The first kappa shape index (κ1) is 25.0. The fraction of sp³-hybridized carbons (Fsp3) is 0.824. The van der Waals surface area contributed by atoms with Crippen molar-refractivity contribution in [3.63, 3.8) is 0 Å². The molecule has 0 aromatic heterocycles. The average Bonchev–Trinajstić information content (AvgIpc) is 2.54. The van der Waals surface area contributed by atoms with Crippen molar-refractivity contribution in [2.45, 2.75) is 6.92 Å². The summed E-state index contributed by atoms with van der Waals surface area (Å²) in [7, 11) is 4.53. The second kappa shape index (κ2) is 12.4. The molecule has 0 bridgehead atoms. The van der Waals surface area contributed by atoms with Crippen LogP contribution in [0.3, 0.4) is 0 Å². The zero-order chi connectivity index (χ0) is 20.3. The molecule has 0 spiro atoms. The summed E-state index contributed by atoms with van der Waals surface area (Å²) in [6.45, 7) is 11.0. The van der Waals surface area contributed by atoms with Gasteiger partial charge in [-0.3, -0.25) is 0 Å². The van der Waals surface area contributed by atoms with Gasteiger partial charge in [0.05, 0.1) is 6.26 Å². The normalized spacial score (nSPS) is 12.4. The van der Waals surface area contributed by atoms with E-state index in [4.69, 9.17) is 4.74 Å². The molecule has 0 radical (unpaired) electrons. The summed E-state index contributed by atoms with van der Waals surface area (Å²) in [6, 6.07) is 0. The van der Waals surface area contributed by atoms with Crippen LogP contribution in [0.25, 0.3) is 0 Å². The summed E-state index contributed by atoms with van der Waals surface area (Å²) in [4.78, 5) is 17.8. The molecule has 0 unspecified atom stereocenters. The lowest BCUT2D eigenvalue weighted by Gasteiger charge is -2.25. The summed E-state index contributed by atoms with van der Waals surface area (Å²) in [6.07, 6.45) is 1.22. The monoisotopic (exact) mass is 392 g/mol. The van der Waals surface area contributed by atoms with E-state index < -0.39 is 10.0 Å². The molecule has 0 aromatic rings. The quantitative estimate of drug-likeness (QED) is 0.299. The highest BCUT2D eigenvalue weighted by atomic mass is 32.2. The minimum atomic E-state index is -3.11. The number of carbonyl (C=O) groups is 1. The third-order valence-electron chi connectivity index (χ3n) is 4.14. The maximum absolute atomic E-state index is 11.4. The molecule has 0 saturated carbocycles. The Kier molecular flexibility index (Phi) is 11.9. The van der Waals surface area contributed by atoms with Crippen LogP contribution < -0.4 is 0 Å². The van der Waals surface area contributed by atoms with Crippen LogP contribution in [0.5, 0.6) is 0 Å². The van der Waals surface area contributed by atoms with Crippen molar-refractivity contribution in [1.82, 2.24) is 19.0 Å². The molecule has 154 valence electrons. The predicted octanol–water partition coefficient (Wildman–Crippen LogP) is -0.207. The molecule has 26 heavy (non-hydrogen) atoms. The number of likely N-dealkylation sites (N-methyl/N-ethyl adjacent to an activating group) is 4. The minimum absolute atomic E-state index is 0.347. The van der Waals surface area contributed by atoms with Gasteiger partial charge in [0.1, 0.15) is 6.61 Å². The number of hydrogen-bond acceptors (Lipinski definition) is 7. The Bertz CT molecular complexity index is 539. The number of sulfonamides is 1. The third-order valence-corrected chi connectivity index (χ3v) is 5.46. The van der Waals surface area contributed by atoms with Crippen molar-refractivity contribution < 1.29 is 17.9 Å². The van der Waals surface area contributed by atoms with Crippen LogP contribution >= 0.6 is 0 Å². The molecule has 0 N–H and O–H groups in total. The molecular weight excluding hydrogens is 356 g/mol. The molecule has 0 rings (SSSR count). The molecule has 0 amide bonds. The van der Waals surface area contributed by atoms with Crippen LogP contribution in [0, 0.1) is 0 Å². The smallest absolute Gasteiger partial charge is 0.333 e. The largest absolute Gasteiger partial charge is 0.461 e. The van der Waals surface area contributed by atoms with Gasteiger partial charge in [-0.15, -0.1) is 0 Å². The molecule has 8 nitrogen and oxygen atoms in total. The molecular formula is C17H36N4O4S. The van der Waals surface area contributed by atoms with Gasteiger partial charge in [0.2, 0.25) is 10.0 Å². The molecule has 0 aliphatic carbocycles. The van der Waals surface area contributed by atoms with Gasteiger partial charge in [-0.25, -0.2) is 17.5 Å². The van der Waals surface area contributed by atoms with Crippen molar-refractivity contribution in [2.75, 3.05) is 86.9 Å². The van der Waals surface area contributed by atoms with Gasteiger partial charge in [-0.1, -0.05) is 6.58 Å². The lowest BCUT2D eigenvalue weighted by atomic mass is 10.4. The second-order valence-electron chi connectivity index (χ2n) is 6.91. The van der Waals surface area contributed by atoms with E-state index in [1.165, 1.54) is 10.6 Å². The van der Waals surface area contributed by atoms with Gasteiger partial charge < -0.3 is 19.4 Å². The minimum Gasteiger partial charge on any atom is -0.461 e. The van der Waals surface area contributed by atoms with Gasteiger partial charge in [-0.2, -0.15) is 0 Å². The van der Waals surface area contributed by atoms with Crippen molar-refractivity contribution >= 4 is 16.0 Å². The van der Waals surface area contributed by atoms with Crippen LogP contribution in [0.2, 0.25) is 0 Å². The molecule has 0 aliphatic heterocycles. The van der Waals surface area contributed by atoms with E-state index in [0.29, 0.717) is 31.8 Å². The van der Waals surface area contributed by atoms with Gasteiger partial charge in [0.25, 0.3) is 0 Å². The van der Waals surface area contributed by atoms with Crippen LogP contribution in [0.4, 0.5) is 0 Å². The maximum Gasteiger partial charge on any atom is 0.333 e. The molecule has 0 fully saturated rings. The number of esters is 1. The van der Waals surface area contributed by atoms with Crippen LogP contribution in [-0.4, -0.2) is 120 Å². The summed E-state index contributed by atoms with van der Waals surface area (Å²) in [5.41, 5.74) is 0.416. The Labute approximate surface area is 159 Å². The molecule has 0 heterocycles. The Hall–Kier alpha value is -1.00. The maximum atomic E-state index is 11.4. The summed E-state index contributed by atoms with van der Waals surface area (Å²) in [5.74, 6) is -0.347.